The molecular weight excluding hydrogens is 190 g/mol. The monoisotopic (exact) mass is 211 g/mol. The van der Waals surface area contributed by atoms with Crippen LogP contribution in [0.2, 0.25) is 0 Å². The summed E-state index contributed by atoms with van der Waals surface area (Å²) in [5, 5.41) is 12.7. The molecule has 0 radical (unpaired) electrons. The summed E-state index contributed by atoms with van der Waals surface area (Å²) >= 11 is 0. The number of hydrogen-bond donors (Lipinski definition) is 3. The summed E-state index contributed by atoms with van der Waals surface area (Å²) in [5.74, 6) is 0.947. The van der Waals surface area contributed by atoms with Gasteiger partial charge in [-0.05, 0) is 18.8 Å². The van der Waals surface area contributed by atoms with E-state index in [0.29, 0.717) is 0 Å². The highest BCUT2D eigenvalue weighted by Gasteiger charge is 2.19. The summed E-state index contributed by atoms with van der Waals surface area (Å²) in [6.07, 6.45) is 4.12. The van der Waals surface area contributed by atoms with Crippen LogP contribution in [-0.4, -0.2) is 27.7 Å². The van der Waals surface area contributed by atoms with Crippen molar-refractivity contribution in [2.45, 2.75) is 39.8 Å². The van der Waals surface area contributed by atoms with E-state index in [4.69, 9.17) is 0 Å². The van der Waals surface area contributed by atoms with Gasteiger partial charge in [0.05, 0.1) is 12.6 Å². The number of nitrogens with one attached hydrogen (secondary N) is 2. The Hall–Kier alpha value is -0.870. The second-order valence-corrected chi connectivity index (χ2v) is 4.86. The second-order valence-electron chi connectivity index (χ2n) is 4.86. The third-order valence-electron chi connectivity index (χ3n) is 2.30. The van der Waals surface area contributed by atoms with E-state index < -0.39 is 0 Å². The van der Waals surface area contributed by atoms with Crippen LogP contribution in [0.5, 0.6) is 0 Å². The van der Waals surface area contributed by atoms with Crippen LogP contribution in [0.1, 0.15) is 33.0 Å². The summed E-state index contributed by atoms with van der Waals surface area (Å²) in [6, 6.07) is 0. The molecule has 0 saturated heterocycles. The average Bonchev–Trinajstić information content (AvgIpc) is 2.53. The van der Waals surface area contributed by atoms with Gasteiger partial charge in [-0.3, -0.25) is 0 Å². The zero-order chi connectivity index (χ0) is 11.3. The maximum absolute atomic E-state index is 9.33. The molecule has 0 aliphatic carbocycles. The molecule has 0 bridgehead atoms. The van der Waals surface area contributed by atoms with Gasteiger partial charge in [-0.15, -0.1) is 0 Å². The van der Waals surface area contributed by atoms with Crippen LogP contribution in [0.15, 0.2) is 12.4 Å². The SMILES string of the molecule is CC(O)CC(C)(C)CNCc1ncc[nH]1. The molecule has 0 spiro atoms. The summed E-state index contributed by atoms with van der Waals surface area (Å²) in [7, 11) is 0. The molecule has 0 aliphatic heterocycles. The fourth-order valence-electron chi connectivity index (χ4n) is 1.79. The molecule has 1 rings (SSSR count). The highest BCUT2D eigenvalue weighted by atomic mass is 16.3. The number of H-pyrrole nitrogens is 1. The Labute approximate surface area is 91.1 Å². The molecule has 0 fully saturated rings. The lowest BCUT2D eigenvalue weighted by molar-refractivity contribution is 0.128. The summed E-state index contributed by atoms with van der Waals surface area (Å²) in [4.78, 5) is 7.17. The number of aliphatic hydroxyl groups is 1. The maximum atomic E-state index is 9.33. The molecule has 15 heavy (non-hydrogen) atoms. The van der Waals surface area contributed by atoms with Gasteiger partial charge in [0.15, 0.2) is 0 Å². The molecule has 4 heteroatoms. The molecule has 0 saturated carbocycles. The third kappa shape index (κ3) is 4.95. The molecule has 3 N–H and O–H groups in total. The fraction of sp³-hybridized carbons (Fsp3) is 0.727. The molecule has 1 aromatic rings. The lowest BCUT2D eigenvalue weighted by atomic mass is 9.87. The Bertz CT molecular complexity index is 267. The second kappa shape index (κ2) is 5.28. The van der Waals surface area contributed by atoms with Crippen molar-refractivity contribution in [2.75, 3.05) is 6.54 Å². The minimum atomic E-state index is -0.245. The molecule has 0 amide bonds. The number of aliphatic hydroxyl groups excluding tert-OH is 1. The van der Waals surface area contributed by atoms with E-state index in [-0.39, 0.29) is 11.5 Å². The van der Waals surface area contributed by atoms with Crippen LogP contribution in [0.25, 0.3) is 0 Å². The molecule has 0 aliphatic rings. The van der Waals surface area contributed by atoms with Crippen molar-refractivity contribution in [3.63, 3.8) is 0 Å². The standard InChI is InChI=1S/C11H21N3O/c1-9(15)6-11(2,3)8-12-7-10-13-4-5-14-10/h4-5,9,12,15H,6-8H2,1-3H3,(H,13,14). The highest BCUT2D eigenvalue weighted by Crippen LogP contribution is 2.20. The number of aromatic nitrogens is 2. The number of imidazole rings is 1. The van der Waals surface area contributed by atoms with Gasteiger partial charge < -0.3 is 15.4 Å². The molecule has 4 nitrogen and oxygen atoms in total. The summed E-state index contributed by atoms with van der Waals surface area (Å²) < 4.78 is 0. The van der Waals surface area contributed by atoms with Crippen LogP contribution in [0, 0.1) is 5.41 Å². The van der Waals surface area contributed by atoms with Crippen LogP contribution in [-0.2, 0) is 6.54 Å². The quantitative estimate of drug-likeness (QED) is 0.664. The minimum Gasteiger partial charge on any atom is -0.393 e. The van der Waals surface area contributed by atoms with Crippen LogP contribution >= 0.6 is 0 Å². The van der Waals surface area contributed by atoms with Crippen molar-refractivity contribution in [2.24, 2.45) is 5.41 Å². The average molecular weight is 211 g/mol. The minimum absolute atomic E-state index is 0.112. The van der Waals surface area contributed by atoms with Crippen molar-refractivity contribution >= 4 is 0 Å². The predicted octanol–water partition coefficient (Wildman–Crippen LogP) is 1.30. The van der Waals surface area contributed by atoms with E-state index in [0.717, 1.165) is 25.3 Å². The molecule has 86 valence electrons. The van der Waals surface area contributed by atoms with E-state index in [9.17, 15) is 5.11 Å². The highest BCUT2D eigenvalue weighted by molar-refractivity contribution is 4.86. The molecule has 0 aromatic carbocycles. The Morgan fingerprint density at radius 2 is 2.33 bits per heavy atom. The van der Waals surface area contributed by atoms with Crippen molar-refractivity contribution < 1.29 is 5.11 Å². The first-order valence-electron chi connectivity index (χ1n) is 5.37. The number of rotatable bonds is 6. The van der Waals surface area contributed by atoms with E-state index in [1.165, 1.54) is 0 Å². The van der Waals surface area contributed by atoms with Crippen molar-refractivity contribution in [1.82, 2.24) is 15.3 Å². The first-order chi connectivity index (χ1) is 6.99. The lowest BCUT2D eigenvalue weighted by Crippen LogP contribution is -2.31. The molecular formula is C11H21N3O. The predicted molar refractivity (Wildman–Crippen MR) is 60.4 cm³/mol. The number of hydrogen-bond acceptors (Lipinski definition) is 3. The van der Waals surface area contributed by atoms with Crippen molar-refractivity contribution in [3.05, 3.63) is 18.2 Å². The van der Waals surface area contributed by atoms with Gasteiger partial charge in [0.2, 0.25) is 0 Å². The number of nitrogens with zero attached hydrogens (tertiary/aromatic N) is 1. The van der Waals surface area contributed by atoms with E-state index >= 15 is 0 Å². The molecule has 1 unspecified atom stereocenters. The largest absolute Gasteiger partial charge is 0.393 e. The molecule has 1 aromatic heterocycles. The van der Waals surface area contributed by atoms with Crippen LogP contribution in [0.3, 0.4) is 0 Å². The number of aromatic amines is 1. The normalized spacial score (nSPS) is 14.1. The fourth-order valence-corrected chi connectivity index (χ4v) is 1.79. The topological polar surface area (TPSA) is 60.9 Å². The Kier molecular flexibility index (Phi) is 4.29. The molecule has 1 heterocycles. The van der Waals surface area contributed by atoms with Crippen molar-refractivity contribution in [1.29, 1.82) is 0 Å². The van der Waals surface area contributed by atoms with Crippen LogP contribution in [0.4, 0.5) is 0 Å². The first-order valence-corrected chi connectivity index (χ1v) is 5.37. The smallest absolute Gasteiger partial charge is 0.120 e. The van der Waals surface area contributed by atoms with Gasteiger partial charge in [0, 0.05) is 18.9 Å². The zero-order valence-electron chi connectivity index (χ0n) is 9.75. The lowest BCUT2D eigenvalue weighted by Gasteiger charge is -2.26. The van der Waals surface area contributed by atoms with Gasteiger partial charge in [-0.2, -0.15) is 0 Å². The van der Waals surface area contributed by atoms with Gasteiger partial charge in [-0.25, -0.2) is 4.98 Å². The van der Waals surface area contributed by atoms with Crippen molar-refractivity contribution in [3.8, 4) is 0 Å². The van der Waals surface area contributed by atoms with E-state index in [2.05, 4.69) is 29.1 Å². The Morgan fingerprint density at radius 3 is 2.87 bits per heavy atom. The Morgan fingerprint density at radius 1 is 1.60 bits per heavy atom. The van der Waals surface area contributed by atoms with Crippen LogP contribution < -0.4 is 5.32 Å². The summed E-state index contributed by atoms with van der Waals surface area (Å²) in [6.45, 7) is 7.74. The summed E-state index contributed by atoms with van der Waals surface area (Å²) in [5.41, 5.74) is 0.112. The maximum Gasteiger partial charge on any atom is 0.120 e. The zero-order valence-corrected chi connectivity index (χ0v) is 9.75. The van der Waals surface area contributed by atoms with Gasteiger partial charge in [0.25, 0.3) is 0 Å². The van der Waals surface area contributed by atoms with E-state index in [1.54, 1.807) is 6.20 Å². The first kappa shape index (κ1) is 12.2. The van der Waals surface area contributed by atoms with E-state index in [1.807, 2.05) is 13.1 Å². The van der Waals surface area contributed by atoms with Gasteiger partial charge >= 0.3 is 0 Å². The van der Waals surface area contributed by atoms with Gasteiger partial charge in [0.1, 0.15) is 5.82 Å². The Balaban J connectivity index is 2.24. The third-order valence-corrected chi connectivity index (χ3v) is 2.30. The molecule has 1 atom stereocenters. The van der Waals surface area contributed by atoms with Gasteiger partial charge in [-0.1, -0.05) is 13.8 Å².